The van der Waals surface area contributed by atoms with Crippen LogP contribution in [0.4, 0.5) is 0 Å². The Morgan fingerprint density at radius 3 is 2.78 bits per heavy atom. The third kappa shape index (κ3) is 3.12. The van der Waals surface area contributed by atoms with Crippen LogP contribution in [-0.2, 0) is 9.53 Å². The zero-order valence-corrected chi connectivity index (χ0v) is 12.2. The third-order valence-electron chi connectivity index (χ3n) is 4.71. The SMILES string of the molecule is CC1OCCC1N(C)CC1CC(C)(C)CCC1=O. The summed E-state index contributed by atoms with van der Waals surface area (Å²) in [6.07, 6.45) is 4.26. The summed E-state index contributed by atoms with van der Waals surface area (Å²) in [5, 5.41) is 0. The van der Waals surface area contributed by atoms with Crippen LogP contribution in [-0.4, -0.2) is 43.0 Å². The van der Waals surface area contributed by atoms with Crippen molar-refractivity contribution in [3.63, 3.8) is 0 Å². The Labute approximate surface area is 111 Å². The summed E-state index contributed by atoms with van der Waals surface area (Å²) in [6.45, 7) is 8.48. The summed E-state index contributed by atoms with van der Waals surface area (Å²) >= 11 is 0. The average molecular weight is 253 g/mol. The molecule has 1 aliphatic heterocycles. The highest BCUT2D eigenvalue weighted by atomic mass is 16.5. The summed E-state index contributed by atoms with van der Waals surface area (Å²) < 4.78 is 5.62. The van der Waals surface area contributed by atoms with Gasteiger partial charge in [0.15, 0.2) is 0 Å². The molecule has 104 valence electrons. The third-order valence-corrected chi connectivity index (χ3v) is 4.71. The number of nitrogens with zero attached hydrogens (tertiary/aromatic N) is 1. The van der Waals surface area contributed by atoms with Gasteiger partial charge >= 0.3 is 0 Å². The molecule has 0 spiro atoms. The van der Waals surface area contributed by atoms with Crippen molar-refractivity contribution in [3.8, 4) is 0 Å². The maximum Gasteiger partial charge on any atom is 0.137 e. The lowest BCUT2D eigenvalue weighted by Crippen LogP contribution is -2.43. The van der Waals surface area contributed by atoms with Crippen LogP contribution in [0.2, 0.25) is 0 Å². The molecule has 0 radical (unpaired) electrons. The molecule has 2 rings (SSSR count). The van der Waals surface area contributed by atoms with E-state index < -0.39 is 0 Å². The standard InChI is InChI=1S/C15H27NO2/c1-11-13(6-8-18-11)16(4)10-12-9-15(2,3)7-5-14(12)17/h11-13H,5-10H2,1-4H3. The Morgan fingerprint density at radius 2 is 2.17 bits per heavy atom. The van der Waals surface area contributed by atoms with Gasteiger partial charge in [-0.3, -0.25) is 4.79 Å². The largest absolute Gasteiger partial charge is 0.377 e. The summed E-state index contributed by atoms with van der Waals surface area (Å²) in [7, 11) is 2.14. The van der Waals surface area contributed by atoms with E-state index in [1.807, 2.05) is 0 Å². The summed E-state index contributed by atoms with van der Waals surface area (Å²) in [6, 6.07) is 0.489. The first-order chi connectivity index (χ1) is 8.39. The molecule has 18 heavy (non-hydrogen) atoms. The Hall–Kier alpha value is -0.410. The number of hydrogen-bond acceptors (Lipinski definition) is 3. The Morgan fingerprint density at radius 1 is 1.44 bits per heavy atom. The van der Waals surface area contributed by atoms with Crippen LogP contribution in [0.15, 0.2) is 0 Å². The second kappa shape index (κ2) is 5.30. The van der Waals surface area contributed by atoms with Crippen molar-refractivity contribution in [2.45, 2.75) is 58.6 Å². The molecule has 2 fully saturated rings. The van der Waals surface area contributed by atoms with Crippen molar-refractivity contribution in [3.05, 3.63) is 0 Å². The number of carbonyl (C=O) groups is 1. The molecule has 1 heterocycles. The van der Waals surface area contributed by atoms with Gasteiger partial charge in [-0.15, -0.1) is 0 Å². The smallest absolute Gasteiger partial charge is 0.137 e. The number of likely N-dealkylation sites (N-methyl/N-ethyl adjacent to an activating group) is 1. The first-order valence-electron chi connectivity index (χ1n) is 7.23. The fraction of sp³-hybridized carbons (Fsp3) is 0.933. The van der Waals surface area contributed by atoms with Crippen LogP contribution in [0.3, 0.4) is 0 Å². The molecule has 1 saturated heterocycles. The van der Waals surface area contributed by atoms with Crippen molar-refractivity contribution in [2.75, 3.05) is 20.2 Å². The lowest BCUT2D eigenvalue weighted by Gasteiger charge is -2.37. The van der Waals surface area contributed by atoms with Crippen LogP contribution in [0, 0.1) is 11.3 Å². The van der Waals surface area contributed by atoms with E-state index in [1.165, 1.54) is 0 Å². The molecule has 0 N–H and O–H groups in total. The number of ether oxygens (including phenoxy) is 1. The Kier molecular flexibility index (Phi) is 4.12. The van der Waals surface area contributed by atoms with Gasteiger partial charge in [0, 0.05) is 31.5 Å². The van der Waals surface area contributed by atoms with Crippen molar-refractivity contribution in [1.29, 1.82) is 0 Å². The second-order valence-electron chi connectivity index (χ2n) is 6.90. The van der Waals surface area contributed by atoms with Crippen molar-refractivity contribution in [2.24, 2.45) is 11.3 Å². The zero-order chi connectivity index (χ0) is 13.3. The van der Waals surface area contributed by atoms with Gasteiger partial charge in [-0.1, -0.05) is 13.8 Å². The van der Waals surface area contributed by atoms with Crippen molar-refractivity contribution in [1.82, 2.24) is 4.90 Å². The van der Waals surface area contributed by atoms with Crippen LogP contribution < -0.4 is 0 Å². The fourth-order valence-electron chi connectivity index (χ4n) is 3.50. The number of Topliss-reactive ketones (excluding diaryl/α,β-unsaturated/α-hetero) is 1. The maximum atomic E-state index is 12.1. The van der Waals surface area contributed by atoms with E-state index >= 15 is 0 Å². The molecule has 0 bridgehead atoms. The topological polar surface area (TPSA) is 29.5 Å². The molecule has 1 aliphatic carbocycles. The maximum absolute atomic E-state index is 12.1. The molecule has 2 aliphatic rings. The molecule has 1 saturated carbocycles. The highest BCUT2D eigenvalue weighted by Crippen LogP contribution is 2.37. The first kappa shape index (κ1) is 14.0. The van der Waals surface area contributed by atoms with E-state index in [0.717, 1.165) is 38.8 Å². The molecule has 3 nitrogen and oxygen atoms in total. The molecule has 0 amide bonds. The predicted molar refractivity (Wildman–Crippen MR) is 72.6 cm³/mol. The minimum atomic E-state index is 0.228. The zero-order valence-electron chi connectivity index (χ0n) is 12.2. The van der Waals surface area contributed by atoms with Gasteiger partial charge in [-0.2, -0.15) is 0 Å². The average Bonchev–Trinajstić information content (AvgIpc) is 2.70. The van der Waals surface area contributed by atoms with Crippen LogP contribution in [0.25, 0.3) is 0 Å². The quantitative estimate of drug-likeness (QED) is 0.774. The van der Waals surface area contributed by atoms with E-state index in [2.05, 4.69) is 32.7 Å². The highest BCUT2D eigenvalue weighted by Gasteiger charge is 2.36. The van der Waals surface area contributed by atoms with E-state index in [0.29, 0.717) is 23.3 Å². The number of ketones is 1. The molecule has 0 aromatic heterocycles. The Bertz CT molecular complexity index is 314. The van der Waals surface area contributed by atoms with Crippen LogP contribution in [0.5, 0.6) is 0 Å². The molecular weight excluding hydrogens is 226 g/mol. The predicted octanol–water partition coefficient (Wildman–Crippen LogP) is 2.49. The van der Waals surface area contributed by atoms with Gasteiger partial charge in [-0.05, 0) is 38.6 Å². The highest BCUT2D eigenvalue weighted by molar-refractivity contribution is 5.82. The van der Waals surface area contributed by atoms with Crippen molar-refractivity contribution < 1.29 is 9.53 Å². The second-order valence-corrected chi connectivity index (χ2v) is 6.90. The van der Waals surface area contributed by atoms with E-state index in [-0.39, 0.29) is 5.92 Å². The van der Waals surface area contributed by atoms with Crippen molar-refractivity contribution >= 4 is 5.78 Å². The van der Waals surface area contributed by atoms with Gasteiger partial charge in [0.1, 0.15) is 5.78 Å². The van der Waals surface area contributed by atoms with Crippen LogP contribution in [0.1, 0.15) is 46.5 Å². The molecule has 3 atom stereocenters. The summed E-state index contributed by atoms with van der Waals surface area (Å²) in [5.41, 5.74) is 0.331. The lowest BCUT2D eigenvalue weighted by atomic mass is 9.71. The van der Waals surface area contributed by atoms with Gasteiger partial charge in [-0.25, -0.2) is 0 Å². The first-order valence-corrected chi connectivity index (χ1v) is 7.23. The normalized spacial score (nSPS) is 36.3. The monoisotopic (exact) mass is 253 g/mol. The summed E-state index contributed by atoms with van der Waals surface area (Å²) in [5.74, 6) is 0.694. The number of rotatable bonds is 3. The van der Waals surface area contributed by atoms with E-state index in [9.17, 15) is 4.79 Å². The Balaban J connectivity index is 1.93. The van der Waals surface area contributed by atoms with Gasteiger partial charge in [0.25, 0.3) is 0 Å². The molecule has 0 aromatic rings. The van der Waals surface area contributed by atoms with Gasteiger partial charge in [0.05, 0.1) is 6.10 Å². The number of hydrogen-bond donors (Lipinski definition) is 0. The molecule has 3 heteroatoms. The van der Waals surface area contributed by atoms with Gasteiger partial charge in [0.2, 0.25) is 0 Å². The van der Waals surface area contributed by atoms with Gasteiger partial charge < -0.3 is 9.64 Å². The molecule has 0 aromatic carbocycles. The minimum absolute atomic E-state index is 0.228. The minimum Gasteiger partial charge on any atom is -0.377 e. The van der Waals surface area contributed by atoms with Crippen LogP contribution >= 0.6 is 0 Å². The van der Waals surface area contributed by atoms with E-state index in [1.54, 1.807) is 0 Å². The van der Waals surface area contributed by atoms with E-state index in [4.69, 9.17) is 4.74 Å². The molecular formula is C15H27NO2. The fourth-order valence-corrected chi connectivity index (χ4v) is 3.50. The number of carbonyl (C=O) groups excluding carboxylic acids is 1. The molecule has 3 unspecified atom stereocenters. The summed E-state index contributed by atoms with van der Waals surface area (Å²) in [4.78, 5) is 14.4. The lowest BCUT2D eigenvalue weighted by molar-refractivity contribution is -0.128.